The van der Waals surface area contributed by atoms with Crippen LogP contribution < -0.4 is 16.0 Å². The van der Waals surface area contributed by atoms with Crippen molar-refractivity contribution in [3.05, 3.63) is 45.3 Å². The smallest absolute Gasteiger partial charge is 0.357 e. The van der Waals surface area contributed by atoms with Gasteiger partial charge in [-0.2, -0.15) is 0 Å². The normalized spacial score (nSPS) is 11.3. The Hall–Kier alpha value is -2.71. The van der Waals surface area contributed by atoms with Crippen LogP contribution in [0, 0.1) is 5.92 Å². The predicted octanol–water partition coefficient (Wildman–Crippen LogP) is 4.60. The molecule has 0 aliphatic rings. The van der Waals surface area contributed by atoms with Crippen LogP contribution in [0.15, 0.2) is 28.4 Å². The molecule has 8 heteroatoms. The molecule has 2 N–H and O–H groups in total. The zero-order valence-electron chi connectivity index (χ0n) is 19.1. The maximum Gasteiger partial charge on any atom is 0.357 e. The molecular formula is C24H31N3O4S. The molecule has 2 aromatic heterocycles. The molecule has 32 heavy (non-hydrogen) atoms. The van der Waals surface area contributed by atoms with Crippen molar-refractivity contribution in [2.45, 2.75) is 53.6 Å². The van der Waals surface area contributed by atoms with Crippen LogP contribution in [-0.4, -0.2) is 28.7 Å². The van der Waals surface area contributed by atoms with Gasteiger partial charge in [-0.25, -0.2) is 9.78 Å². The number of rotatable bonds is 10. The van der Waals surface area contributed by atoms with Crippen LogP contribution in [0.4, 0.5) is 0 Å². The summed E-state index contributed by atoms with van der Waals surface area (Å²) >= 11 is 1.36. The lowest BCUT2D eigenvalue weighted by Crippen LogP contribution is -2.28. The highest BCUT2D eigenvalue weighted by atomic mass is 32.1. The number of hydrogen-bond donors (Lipinski definition) is 1. The fourth-order valence-corrected chi connectivity index (χ4v) is 4.33. The first-order valence-corrected chi connectivity index (χ1v) is 11.9. The molecule has 172 valence electrons. The van der Waals surface area contributed by atoms with E-state index < -0.39 is 5.97 Å². The molecule has 3 rings (SSSR count). The van der Waals surface area contributed by atoms with E-state index >= 15 is 0 Å². The van der Waals surface area contributed by atoms with Crippen molar-refractivity contribution in [3.63, 3.8) is 0 Å². The molecule has 0 amide bonds. The van der Waals surface area contributed by atoms with Gasteiger partial charge < -0.3 is 19.8 Å². The topological polar surface area (TPSA) is 96.4 Å². The number of hydrogen-bond acceptors (Lipinski definition) is 7. The van der Waals surface area contributed by atoms with Crippen LogP contribution in [0.1, 0.15) is 56.7 Å². The Balaban J connectivity index is 2.17. The highest BCUT2D eigenvalue weighted by Gasteiger charge is 2.20. The van der Waals surface area contributed by atoms with Crippen LogP contribution in [0.25, 0.3) is 21.3 Å². The lowest BCUT2D eigenvalue weighted by atomic mass is 10.1. The fraction of sp³-hybridized carbons (Fsp3) is 0.458. The minimum Gasteiger partial charge on any atom is -0.491 e. The number of nitrogens with zero attached hydrogens (tertiary/aromatic N) is 2. The first kappa shape index (κ1) is 23.9. The Labute approximate surface area is 192 Å². The van der Waals surface area contributed by atoms with Gasteiger partial charge in [0.15, 0.2) is 5.69 Å². The number of fused-ring (bicyclic) bond motifs is 1. The number of benzene rings is 1. The summed E-state index contributed by atoms with van der Waals surface area (Å²) in [6.45, 7) is 9.62. The van der Waals surface area contributed by atoms with Gasteiger partial charge in [-0.05, 0) is 31.4 Å². The molecule has 0 spiro atoms. The van der Waals surface area contributed by atoms with Crippen molar-refractivity contribution in [2.24, 2.45) is 11.7 Å². The summed E-state index contributed by atoms with van der Waals surface area (Å²) in [5, 5.41) is 3.66. The number of ether oxygens (including phenoxy) is 2. The Kier molecular flexibility index (Phi) is 8.04. The number of carbonyl (C=O) groups excluding carboxylic acids is 1. The summed E-state index contributed by atoms with van der Waals surface area (Å²) in [5.41, 5.74) is 7.82. The number of unbranched alkanes of at least 4 members (excludes halogenated alkanes) is 1. The van der Waals surface area contributed by atoms with E-state index in [1.54, 1.807) is 16.9 Å². The molecule has 0 aliphatic carbocycles. The number of nitrogens with two attached hydrogens (primary N) is 1. The molecule has 0 fully saturated rings. The van der Waals surface area contributed by atoms with Crippen molar-refractivity contribution >= 4 is 28.1 Å². The molecule has 0 saturated carbocycles. The monoisotopic (exact) mass is 457 g/mol. The second-order valence-electron chi connectivity index (χ2n) is 8.01. The van der Waals surface area contributed by atoms with Crippen molar-refractivity contribution < 1.29 is 14.3 Å². The average Bonchev–Trinajstić information content (AvgIpc) is 3.27. The van der Waals surface area contributed by atoms with Crippen LogP contribution in [0.2, 0.25) is 0 Å². The van der Waals surface area contributed by atoms with E-state index in [4.69, 9.17) is 15.2 Å². The van der Waals surface area contributed by atoms with Gasteiger partial charge in [-0.1, -0.05) is 33.3 Å². The second-order valence-corrected chi connectivity index (χ2v) is 8.87. The number of thiazole rings is 1. The zero-order valence-corrected chi connectivity index (χ0v) is 20.0. The standard InChI is InChI=1S/C24H31N3O4S/c1-5-7-10-31-21-18-11-16(22-26-19(14-32-22)24(29)30-6-2)8-9-17(18)23(28)27(13-15(3)4)20(21)12-25/h8-9,11,14-15H,5-7,10,12-13,25H2,1-4H3. The van der Waals surface area contributed by atoms with E-state index in [-0.39, 0.29) is 23.7 Å². The van der Waals surface area contributed by atoms with Crippen LogP contribution in [0.5, 0.6) is 5.75 Å². The highest BCUT2D eigenvalue weighted by molar-refractivity contribution is 7.13. The Morgan fingerprint density at radius 1 is 1.25 bits per heavy atom. The first-order chi connectivity index (χ1) is 15.4. The van der Waals surface area contributed by atoms with Gasteiger partial charge in [0.05, 0.1) is 24.3 Å². The van der Waals surface area contributed by atoms with Gasteiger partial charge in [-0.3, -0.25) is 4.79 Å². The molecule has 0 saturated heterocycles. The SMILES string of the molecule is CCCCOc1c(CN)n(CC(C)C)c(=O)c2ccc(-c3nc(C(=O)OCC)cs3)cc12. The molecule has 0 radical (unpaired) electrons. The molecule has 7 nitrogen and oxygen atoms in total. The van der Waals surface area contributed by atoms with Crippen molar-refractivity contribution in [2.75, 3.05) is 13.2 Å². The number of aromatic nitrogens is 2. The Morgan fingerprint density at radius 2 is 2.03 bits per heavy atom. The first-order valence-electron chi connectivity index (χ1n) is 11.1. The van der Waals surface area contributed by atoms with E-state index in [2.05, 4.69) is 25.8 Å². The fourth-order valence-electron chi connectivity index (χ4n) is 3.54. The zero-order chi connectivity index (χ0) is 23.3. The van der Waals surface area contributed by atoms with Crippen LogP contribution >= 0.6 is 11.3 Å². The summed E-state index contributed by atoms with van der Waals surface area (Å²) in [5.74, 6) is 0.497. The minimum atomic E-state index is -0.443. The summed E-state index contributed by atoms with van der Waals surface area (Å²) in [4.78, 5) is 29.7. The van der Waals surface area contributed by atoms with Gasteiger partial charge in [-0.15, -0.1) is 11.3 Å². The van der Waals surface area contributed by atoms with Gasteiger partial charge in [0.1, 0.15) is 10.8 Å². The molecule has 1 aromatic carbocycles. The maximum absolute atomic E-state index is 13.3. The molecule has 3 aromatic rings. The third-order valence-electron chi connectivity index (χ3n) is 5.05. The third-order valence-corrected chi connectivity index (χ3v) is 5.94. The third kappa shape index (κ3) is 5.02. The number of pyridine rings is 1. The van der Waals surface area contributed by atoms with E-state index in [1.807, 2.05) is 18.2 Å². The molecule has 0 aliphatic heterocycles. The second kappa shape index (κ2) is 10.7. The summed E-state index contributed by atoms with van der Waals surface area (Å²) < 4.78 is 13.0. The van der Waals surface area contributed by atoms with Crippen molar-refractivity contribution in [1.29, 1.82) is 0 Å². The van der Waals surface area contributed by atoms with Crippen LogP contribution in [0.3, 0.4) is 0 Å². The maximum atomic E-state index is 13.3. The van der Waals surface area contributed by atoms with Gasteiger partial charge >= 0.3 is 5.97 Å². The number of carbonyl (C=O) groups is 1. The largest absolute Gasteiger partial charge is 0.491 e. The van der Waals surface area contributed by atoms with E-state index in [0.29, 0.717) is 41.6 Å². The molecule has 0 unspecified atom stereocenters. The Bertz CT molecular complexity index is 1150. The van der Waals surface area contributed by atoms with E-state index in [9.17, 15) is 9.59 Å². The Morgan fingerprint density at radius 3 is 2.69 bits per heavy atom. The number of esters is 1. The average molecular weight is 458 g/mol. The lowest BCUT2D eigenvalue weighted by Gasteiger charge is -2.20. The van der Waals surface area contributed by atoms with Gasteiger partial charge in [0.2, 0.25) is 0 Å². The van der Waals surface area contributed by atoms with Gasteiger partial charge in [0, 0.05) is 29.4 Å². The lowest BCUT2D eigenvalue weighted by molar-refractivity contribution is 0.0520. The summed E-state index contributed by atoms with van der Waals surface area (Å²) in [7, 11) is 0. The highest BCUT2D eigenvalue weighted by Crippen LogP contribution is 2.33. The quantitative estimate of drug-likeness (QED) is 0.353. The van der Waals surface area contributed by atoms with Crippen molar-refractivity contribution in [1.82, 2.24) is 9.55 Å². The van der Waals surface area contributed by atoms with E-state index in [1.165, 1.54) is 11.3 Å². The van der Waals surface area contributed by atoms with Gasteiger partial charge in [0.25, 0.3) is 5.56 Å². The molecule has 2 heterocycles. The molecular weight excluding hydrogens is 426 g/mol. The summed E-state index contributed by atoms with van der Waals surface area (Å²) in [6.07, 6.45) is 1.91. The molecule has 0 bridgehead atoms. The van der Waals surface area contributed by atoms with Crippen molar-refractivity contribution in [3.8, 4) is 16.3 Å². The van der Waals surface area contributed by atoms with Crippen LogP contribution in [-0.2, 0) is 17.8 Å². The van der Waals surface area contributed by atoms with E-state index in [0.717, 1.165) is 23.8 Å². The summed E-state index contributed by atoms with van der Waals surface area (Å²) in [6, 6.07) is 5.57. The predicted molar refractivity (Wildman–Crippen MR) is 128 cm³/mol. The molecule has 0 atom stereocenters. The minimum absolute atomic E-state index is 0.0742.